The summed E-state index contributed by atoms with van der Waals surface area (Å²) in [7, 11) is 0. The van der Waals surface area contributed by atoms with Crippen molar-refractivity contribution in [3.8, 4) is 0 Å². The number of allylic oxidation sites excluding steroid dienone is 3. The van der Waals surface area contributed by atoms with Gasteiger partial charge in [0.2, 0.25) is 0 Å². The van der Waals surface area contributed by atoms with Gasteiger partial charge in [0.25, 0.3) is 0 Å². The molecule has 15 heavy (non-hydrogen) atoms. The average Bonchev–Trinajstić information content (AvgIpc) is 2.25. The predicted octanol–water partition coefficient (Wildman–Crippen LogP) is 3.42. The van der Waals surface area contributed by atoms with Gasteiger partial charge in [0, 0.05) is 5.92 Å². The van der Waals surface area contributed by atoms with Crippen molar-refractivity contribution in [1.82, 2.24) is 0 Å². The van der Waals surface area contributed by atoms with Gasteiger partial charge in [-0.1, -0.05) is 31.2 Å². The molecular weight excluding hydrogens is 189 g/mol. The second-order valence-corrected chi connectivity index (χ2v) is 3.51. The predicted molar refractivity (Wildman–Crippen MR) is 62.1 cm³/mol. The average molecular weight is 205 g/mol. The molecule has 0 saturated carbocycles. The lowest BCUT2D eigenvalue weighted by Gasteiger charge is -2.12. The van der Waals surface area contributed by atoms with Gasteiger partial charge in [0.1, 0.15) is 5.83 Å². The van der Waals surface area contributed by atoms with Gasteiger partial charge in [-0.2, -0.15) is 0 Å². The first-order valence-electron chi connectivity index (χ1n) is 4.96. The largest absolute Gasteiger partial charge is 0.405 e. The SMILES string of the molecule is Cc1ccccc1C(C)/C(F)=C\C=C/N. The fraction of sp³-hybridized carbons (Fsp3) is 0.231. The number of benzene rings is 1. The van der Waals surface area contributed by atoms with Gasteiger partial charge in [-0.3, -0.25) is 0 Å². The molecule has 2 heteroatoms. The molecule has 1 aromatic carbocycles. The summed E-state index contributed by atoms with van der Waals surface area (Å²) in [5, 5.41) is 0. The van der Waals surface area contributed by atoms with Crippen molar-refractivity contribution in [3.05, 3.63) is 59.6 Å². The Morgan fingerprint density at radius 1 is 1.40 bits per heavy atom. The van der Waals surface area contributed by atoms with Crippen LogP contribution in [0.1, 0.15) is 24.0 Å². The lowest BCUT2D eigenvalue weighted by atomic mass is 9.95. The minimum atomic E-state index is -0.220. The molecule has 0 fully saturated rings. The number of aryl methyl sites for hydroxylation is 1. The van der Waals surface area contributed by atoms with E-state index in [-0.39, 0.29) is 11.7 Å². The Morgan fingerprint density at radius 2 is 2.07 bits per heavy atom. The van der Waals surface area contributed by atoms with E-state index >= 15 is 0 Å². The Balaban J connectivity index is 2.94. The number of hydrogen-bond acceptors (Lipinski definition) is 1. The molecule has 0 saturated heterocycles. The van der Waals surface area contributed by atoms with Crippen LogP contribution in [-0.2, 0) is 0 Å². The molecule has 1 unspecified atom stereocenters. The first-order chi connectivity index (χ1) is 7.16. The summed E-state index contributed by atoms with van der Waals surface area (Å²) in [4.78, 5) is 0. The molecule has 0 heterocycles. The fourth-order valence-electron chi connectivity index (χ4n) is 1.51. The monoisotopic (exact) mass is 205 g/mol. The molecule has 0 bridgehead atoms. The van der Waals surface area contributed by atoms with E-state index in [1.807, 2.05) is 38.1 Å². The van der Waals surface area contributed by atoms with Crippen molar-refractivity contribution in [1.29, 1.82) is 0 Å². The Morgan fingerprint density at radius 3 is 2.67 bits per heavy atom. The maximum absolute atomic E-state index is 13.6. The number of hydrogen-bond donors (Lipinski definition) is 1. The molecule has 1 nitrogen and oxygen atoms in total. The van der Waals surface area contributed by atoms with Crippen LogP contribution in [-0.4, -0.2) is 0 Å². The number of halogens is 1. The molecule has 1 rings (SSSR count). The van der Waals surface area contributed by atoms with E-state index in [9.17, 15) is 4.39 Å². The molecule has 0 aliphatic carbocycles. The normalized spacial score (nSPS) is 14.5. The summed E-state index contributed by atoms with van der Waals surface area (Å²) < 4.78 is 13.6. The summed E-state index contributed by atoms with van der Waals surface area (Å²) in [6, 6.07) is 7.80. The maximum atomic E-state index is 13.6. The molecule has 1 aromatic rings. The van der Waals surface area contributed by atoms with Crippen molar-refractivity contribution in [2.45, 2.75) is 19.8 Å². The van der Waals surface area contributed by atoms with Crippen LogP contribution in [0.3, 0.4) is 0 Å². The zero-order valence-electron chi connectivity index (χ0n) is 9.07. The first-order valence-corrected chi connectivity index (χ1v) is 4.96. The molecule has 0 aliphatic rings. The summed E-state index contributed by atoms with van der Waals surface area (Å²) >= 11 is 0. The highest BCUT2D eigenvalue weighted by Gasteiger charge is 2.11. The van der Waals surface area contributed by atoms with Crippen LogP contribution in [0.5, 0.6) is 0 Å². The van der Waals surface area contributed by atoms with E-state index in [0.29, 0.717) is 0 Å². The second kappa shape index (κ2) is 5.35. The van der Waals surface area contributed by atoms with Crippen LogP contribution >= 0.6 is 0 Å². The highest BCUT2D eigenvalue weighted by Crippen LogP contribution is 2.27. The second-order valence-electron chi connectivity index (χ2n) is 3.51. The van der Waals surface area contributed by atoms with E-state index in [4.69, 9.17) is 5.73 Å². The molecule has 80 valence electrons. The lowest BCUT2D eigenvalue weighted by Crippen LogP contribution is -1.96. The molecule has 2 N–H and O–H groups in total. The van der Waals surface area contributed by atoms with Crippen molar-refractivity contribution in [2.24, 2.45) is 5.73 Å². The van der Waals surface area contributed by atoms with Gasteiger partial charge in [-0.15, -0.1) is 0 Å². The highest BCUT2D eigenvalue weighted by molar-refractivity contribution is 5.33. The third kappa shape index (κ3) is 2.94. The first kappa shape index (κ1) is 11.5. The van der Waals surface area contributed by atoms with E-state index in [2.05, 4.69) is 0 Å². The summed E-state index contributed by atoms with van der Waals surface area (Å²) in [5.74, 6) is -0.395. The Labute approximate surface area is 90.1 Å². The van der Waals surface area contributed by atoms with Crippen molar-refractivity contribution in [2.75, 3.05) is 0 Å². The third-order valence-corrected chi connectivity index (χ3v) is 2.44. The van der Waals surface area contributed by atoms with Gasteiger partial charge >= 0.3 is 0 Å². The minimum Gasteiger partial charge on any atom is -0.405 e. The van der Waals surface area contributed by atoms with Crippen LogP contribution in [0, 0.1) is 6.92 Å². The standard InChI is InChI=1S/C13H16FN/c1-10-6-3-4-7-12(10)11(2)13(14)8-5-9-15/h3-9,11H,15H2,1-2H3/b9-5-,13-8+. The van der Waals surface area contributed by atoms with Gasteiger partial charge in [0.05, 0.1) is 0 Å². The van der Waals surface area contributed by atoms with E-state index < -0.39 is 0 Å². The zero-order valence-corrected chi connectivity index (χ0v) is 9.07. The Bertz CT molecular complexity index is 380. The summed E-state index contributed by atoms with van der Waals surface area (Å²) in [5.41, 5.74) is 7.27. The molecule has 0 radical (unpaired) electrons. The van der Waals surface area contributed by atoms with Crippen LogP contribution in [0.15, 0.2) is 48.4 Å². The van der Waals surface area contributed by atoms with Gasteiger partial charge in [-0.05, 0) is 36.4 Å². The third-order valence-electron chi connectivity index (χ3n) is 2.44. The van der Waals surface area contributed by atoms with Gasteiger partial charge in [-0.25, -0.2) is 4.39 Å². The number of nitrogens with two attached hydrogens (primary N) is 1. The van der Waals surface area contributed by atoms with E-state index in [1.165, 1.54) is 18.4 Å². The molecule has 0 aliphatic heterocycles. The topological polar surface area (TPSA) is 26.0 Å². The fourth-order valence-corrected chi connectivity index (χ4v) is 1.51. The van der Waals surface area contributed by atoms with Crippen LogP contribution in [0.2, 0.25) is 0 Å². The van der Waals surface area contributed by atoms with Crippen LogP contribution in [0.25, 0.3) is 0 Å². The van der Waals surface area contributed by atoms with E-state index in [1.54, 1.807) is 0 Å². The molecular formula is C13H16FN. The van der Waals surface area contributed by atoms with Crippen molar-refractivity contribution < 1.29 is 4.39 Å². The van der Waals surface area contributed by atoms with Gasteiger partial charge in [0.15, 0.2) is 0 Å². The summed E-state index contributed by atoms with van der Waals surface area (Å²) in [6.45, 7) is 3.83. The van der Waals surface area contributed by atoms with Crippen LogP contribution < -0.4 is 5.73 Å². The molecule has 0 aromatic heterocycles. The number of rotatable bonds is 3. The summed E-state index contributed by atoms with van der Waals surface area (Å²) in [6.07, 6.45) is 4.23. The lowest BCUT2D eigenvalue weighted by molar-refractivity contribution is 0.563. The highest BCUT2D eigenvalue weighted by atomic mass is 19.1. The molecule has 1 atom stereocenters. The smallest absolute Gasteiger partial charge is 0.107 e. The minimum absolute atomic E-state index is 0.175. The zero-order chi connectivity index (χ0) is 11.3. The Hall–Kier alpha value is -1.57. The van der Waals surface area contributed by atoms with E-state index in [0.717, 1.165) is 11.1 Å². The molecule has 0 amide bonds. The van der Waals surface area contributed by atoms with Gasteiger partial charge < -0.3 is 5.73 Å². The Kier molecular flexibility index (Phi) is 4.10. The molecule has 0 spiro atoms. The quantitative estimate of drug-likeness (QED) is 0.752. The van der Waals surface area contributed by atoms with Crippen molar-refractivity contribution >= 4 is 0 Å². The van der Waals surface area contributed by atoms with Crippen LogP contribution in [0.4, 0.5) is 4.39 Å². The van der Waals surface area contributed by atoms with Crippen molar-refractivity contribution in [3.63, 3.8) is 0 Å². The maximum Gasteiger partial charge on any atom is 0.107 e.